The van der Waals surface area contributed by atoms with Crippen molar-refractivity contribution in [2.24, 2.45) is 0 Å². The second kappa shape index (κ2) is 6.34. The van der Waals surface area contributed by atoms with E-state index in [4.69, 9.17) is 0 Å². The first-order chi connectivity index (χ1) is 8.66. The van der Waals surface area contributed by atoms with E-state index < -0.39 is 0 Å². The number of halogens is 1. The zero-order valence-electron chi connectivity index (χ0n) is 10.6. The standard InChI is InChI=1S/C14H19BrN2O/c1-10(12-6-2-3-7-13(12)15)17-14(18)9-11-5-4-8-16-11/h2-3,6-7,10-11,16H,4-5,8-9H2,1H3,(H,17,18). The summed E-state index contributed by atoms with van der Waals surface area (Å²) in [6, 6.07) is 8.39. The Morgan fingerprint density at radius 2 is 2.33 bits per heavy atom. The van der Waals surface area contributed by atoms with Crippen LogP contribution in [0.5, 0.6) is 0 Å². The third-order valence-corrected chi connectivity index (χ3v) is 4.07. The van der Waals surface area contributed by atoms with Crippen LogP contribution in [0.3, 0.4) is 0 Å². The SMILES string of the molecule is CC(NC(=O)CC1CCCN1)c1ccccc1Br. The molecule has 0 bridgehead atoms. The highest BCUT2D eigenvalue weighted by Gasteiger charge is 2.19. The molecule has 4 heteroatoms. The van der Waals surface area contributed by atoms with E-state index >= 15 is 0 Å². The van der Waals surface area contributed by atoms with Gasteiger partial charge in [0.05, 0.1) is 6.04 Å². The summed E-state index contributed by atoms with van der Waals surface area (Å²) in [5.41, 5.74) is 1.12. The van der Waals surface area contributed by atoms with E-state index in [1.165, 1.54) is 6.42 Å². The highest BCUT2D eigenvalue weighted by molar-refractivity contribution is 9.10. The van der Waals surface area contributed by atoms with Crippen molar-refractivity contribution in [3.05, 3.63) is 34.3 Å². The van der Waals surface area contributed by atoms with Gasteiger partial charge in [-0.1, -0.05) is 34.1 Å². The lowest BCUT2D eigenvalue weighted by Gasteiger charge is -2.17. The Kier molecular flexibility index (Phi) is 4.78. The van der Waals surface area contributed by atoms with Gasteiger partial charge in [0.2, 0.25) is 5.91 Å². The molecule has 98 valence electrons. The Labute approximate surface area is 116 Å². The second-order valence-corrected chi connectivity index (χ2v) is 5.66. The van der Waals surface area contributed by atoms with Gasteiger partial charge in [-0.15, -0.1) is 0 Å². The van der Waals surface area contributed by atoms with Crippen LogP contribution in [0.1, 0.15) is 37.8 Å². The molecule has 1 fully saturated rings. The Bertz CT molecular complexity index is 416. The molecule has 2 rings (SSSR count). The summed E-state index contributed by atoms with van der Waals surface area (Å²) < 4.78 is 1.04. The van der Waals surface area contributed by atoms with Crippen LogP contribution in [0.25, 0.3) is 0 Å². The molecule has 1 aromatic carbocycles. The van der Waals surface area contributed by atoms with Crippen molar-refractivity contribution >= 4 is 21.8 Å². The molecule has 0 saturated carbocycles. The van der Waals surface area contributed by atoms with Crippen LogP contribution in [0.4, 0.5) is 0 Å². The molecular weight excluding hydrogens is 292 g/mol. The molecule has 1 amide bonds. The zero-order valence-corrected chi connectivity index (χ0v) is 12.2. The van der Waals surface area contributed by atoms with Crippen LogP contribution in [0.2, 0.25) is 0 Å². The van der Waals surface area contributed by atoms with E-state index in [1.54, 1.807) is 0 Å². The average Bonchev–Trinajstić information content (AvgIpc) is 2.82. The van der Waals surface area contributed by atoms with E-state index in [0.717, 1.165) is 23.0 Å². The lowest BCUT2D eigenvalue weighted by atomic mass is 10.1. The van der Waals surface area contributed by atoms with Gasteiger partial charge in [0, 0.05) is 16.9 Å². The number of amides is 1. The Hall–Kier alpha value is -0.870. The number of hydrogen-bond donors (Lipinski definition) is 2. The molecule has 1 aliphatic rings. The number of hydrogen-bond acceptors (Lipinski definition) is 2. The van der Waals surface area contributed by atoms with E-state index in [9.17, 15) is 4.79 Å². The van der Waals surface area contributed by atoms with E-state index in [1.807, 2.05) is 31.2 Å². The van der Waals surface area contributed by atoms with Gasteiger partial charge in [0.1, 0.15) is 0 Å². The van der Waals surface area contributed by atoms with Crippen LogP contribution < -0.4 is 10.6 Å². The first-order valence-corrected chi connectivity index (χ1v) is 7.23. The molecule has 1 saturated heterocycles. The number of carbonyl (C=O) groups excluding carboxylic acids is 1. The number of benzene rings is 1. The summed E-state index contributed by atoms with van der Waals surface area (Å²) in [4.78, 5) is 11.9. The molecule has 2 atom stereocenters. The fourth-order valence-electron chi connectivity index (χ4n) is 2.36. The number of nitrogens with one attached hydrogen (secondary N) is 2. The summed E-state index contributed by atoms with van der Waals surface area (Å²) in [5.74, 6) is 0.123. The van der Waals surface area contributed by atoms with Crippen molar-refractivity contribution < 1.29 is 4.79 Å². The summed E-state index contributed by atoms with van der Waals surface area (Å²) >= 11 is 3.51. The first-order valence-electron chi connectivity index (χ1n) is 6.44. The molecule has 18 heavy (non-hydrogen) atoms. The lowest BCUT2D eigenvalue weighted by Crippen LogP contribution is -2.33. The molecular formula is C14H19BrN2O. The monoisotopic (exact) mass is 310 g/mol. The van der Waals surface area contributed by atoms with Gasteiger partial charge in [-0.2, -0.15) is 0 Å². The summed E-state index contributed by atoms with van der Waals surface area (Å²) in [6.07, 6.45) is 2.86. The van der Waals surface area contributed by atoms with Crippen molar-refractivity contribution in [2.45, 2.75) is 38.3 Å². The molecule has 3 nitrogen and oxygen atoms in total. The molecule has 2 unspecified atom stereocenters. The topological polar surface area (TPSA) is 41.1 Å². The predicted molar refractivity (Wildman–Crippen MR) is 76.3 cm³/mol. The van der Waals surface area contributed by atoms with Crippen molar-refractivity contribution in [3.8, 4) is 0 Å². The number of rotatable bonds is 4. The molecule has 2 N–H and O–H groups in total. The van der Waals surface area contributed by atoms with Gasteiger partial charge < -0.3 is 10.6 Å². The summed E-state index contributed by atoms with van der Waals surface area (Å²) in [6.45, 7) is 3.05. The largest absolute Gasteiger partial charge is 0.349 e. The predicted octanol–water partition coefficient (Wildman–Crippen LogP) is 2.77. The van der Waals surface area contributed by atoms with Crippen LogP contribution in [-0.4, -0.2) is 18.5 Å². The minimum absolute atomic E-state index is 0.0366. The van der Waals surface area contributed by atoms with Crippen molar-refractivity contribution in [1.29, 1.82) is 0 Å². The highest BCUT2D eigenvalue weighted by Crippen LogP contribution is 2.22. The van der Waals surface area contributed by atoms with E-state index in [0.29, 0.717) is 12.5 Å². The van der Waals surface area contributed by atoms with Gasteiger partial charge in [0.25, 0.3) is 0 Å². The first kappa shape index (κ1) is 13.6. The maximum atomic E-state index is 11.9. The summed E-state index contributed by atoms with van der Waals surface area (Å²) in [7, 11) is 0. The maximum Gasteiger partial charge on any atom is 0.222 e. The average molecular weight is 311 g/mol. The van der Waals surface area contributed by atoms with Crippen LogP contribution in [0.15, 0.2) is 28.7 Å². The van der Waals surface area contributed by atoms with Gasteiger partial charge in [-0.3, -0.25) is 4.79 Å². The minimum Gasteiger partial charge on any atom is -0.349 e. The molecule has 0 aromatic heterocycles. The van der Waals surface area contributed by atoms with Gasteiger partial charge in [-0.05, 0) is 37.9 Å². The van der Waals surface area contributed by atoms with Crippen molar-refractivity contribution in [2.75, 3.05) is 6.54 Å². The molecule has 0 radical (unpaired) electrons. The third kappa shape index (κ3) is 3.56. The third-order valence-electron chi connectivity index (χ3n) is 3.34. The molecule has 0 aliphatic carbocycles. The quantitative estimate of drug-likeness (QED) is 0.898. The zero-order chi connectivity index (χ0) is 13.0. The smallest absolute Gasteiger partial charge is 0.222 e. The Balaban J connectivity index is 1.88. The van der Waals surface area contributed by atoms with Crippen molar-refractivity contribution in [1.82, 2.24) is 10.6 Å². The van der Waals surface area contributed by atoms with Gasteiger partial charge >= 0.3 is 0 Å². The number of carbonyl (C=O) groups is 1. The van der Waals surface area contributed by atoms with E-state index in [-0.39, 0.29) is 11.9 Å². The Morgan fingerprint density at radius 3 is 3.00 bits per heavy atom. The lowest BCUT2D eigenvalue weighted by molar-refractivity contribution is -0.122. The molecule has 1 heterocycles. The minimum atomic E-state index is 0.0366. The molecule has 1 aromatic rings. The van der Waals surface area contributed by atoms with Crippen LogP contribution >= 0.6 is 15.9 Å². The summed E-state index contributed by atoms with van der Waals surface area (Å²) in [5, 5.41) is 6.40. The van der Waals surface area contributed by atoms with Gasteiger partial charge in [0.15, 0.2) is 0 Å². The normalized spacial score (nSPS) is 20.7. The van der Waals surface area contributed by atoms with Gasteiger partial charge in [-0.25, -0.2) is 0 Å². The highest BCUT2D eigenvalue weighted by atomic mass is 79.9. The second-order valence-electron chi connectivity index (χ2n) is 4.81. The fourth-order valence-corrected chi connectivity index (χ4v) is 2.99. The molecule has 0 spiro atoms. The molecule has 1 aliphatic heterocycles. The fraction of sp³-hybridized carbons (Fsp3) is 0.500. The van der Waals surface area contributed by atoms with E-state index in [2.05, 4.69) is 26.6 Å². The van der Waals surface area contributed by atoms with Crippen LogP contribution in [-0.2, 0) is 4.79 Å². The Morgan fingerprint density at radius 1 is 1.56 bits per heavy atom. The van der Waals surface area contributed by atoms with Crippen LogP contribution in [0, 0.1) is 0 Å². The maximum absolute atomic E-state index is 11.9. The van der Waals surface area contributed by atoms with Crippen molar-refractivity contribution in [3.63, 3.8) is 0 Å².